The van der Waals surface area contributed by atoms with Crippen LogP contribution >= 0.6 is 0 Å². The van der Waals surface area contributed by atoms with Gasteiger partial charge in [0.15, 0.2) is 17.4 Å². The van der Waals surface area contributed by atoms with E-state index in [1.165, 1.54) is 30.2 Å². The number of fused-ring (bicyclic) bond motifs is 2. The molecule has 1 unspecified atom stereocenters. The summed E-state index contributed by atoms with van der Waals surface area (Å²) in [5, 5.41) is 0.384. The molecule has 0 aromatic heterocycles. The molecule has 38 heavy (non-hydrogen) atoms. The van der Waals surface area contributed by atoms with Crippen molar-refractivity contribution in [3.8, 4) is 17.6 Å². The third-order valence-electron chi connectivity index (χ3n) is 6.37. The molecule has 0 bridgehead atoms. The molecule has 196 valence electrons. The SMILES string of the molecule is Fc1cc2cc(COc3c(F)cc4cc(C5CCCCO5)ccc4c3F)ccc2c(F)c1C#CC(F)(F)F. The molecule has 0 aliphatic carbocycles. The normalized spacial score (nSPS) is 15.9. The summed E-state index contributed by atoms with van der Waals surface area (Å²) in [7, 11) is 0. The second-order valence-corrected chi connectivity index (χ2v) is 8.98. The summed E-state index contributed by atoms with van der Waals surface area (Å²) in [6.45, 7) is 0.307. The van der Waals surface area contributed by atoms with Gasteiger partial charge in [0.05, 0.1) is 11.7 Å². The monoisotopic (exact) mass is 532 g/mol. The molecule has 5 rings (SSSR count). The molecule has 1 saturated heterocycles. The van der Waals surface area contributed by atoms with E-state index in [0.29, 0.717) is 17.6 Å². The lowest BCUT2D eigenvalue weighted by Crippen LogP contribution is -2.11. The van der Waals surface area contributed by atoms with Gasteiger partial charge in [-0.3, -0.25) is 0 Å². The van der Waals surface area contributed by atoms with Gasteiger partial charge in [-0.25, -0.2) is 17.6 Å². The van der Waals surface area contributed by atoms with Crippen LogP contribution in [0, 0.1) is 35.1 Å². The summed E-state index contributed by atoms with van der Waals surface area (Å²) in [6, 6.07) is 10.9. The van der Waals surface area contributed by atoms with Crippen LogP contribution in [0.2, 0.25) is 0 Å². The fraction of sp³-hybridized carbons (Fsp3) is 0.241. The highest BCUT2D eigenvalue weighted by Gasteiger charge is 2.24. The zero-order valence-electron chi connectivity index (χ0n) is 19.7. The largest absolute Gasteiger partial charge is 0.483 e. The first kappa shape index (κ1) is 25.9. The molecule has 0 N–H and O–H groups in total. The van der Waals surface area contributed by atoms with E-state index in [9.17, 15) is 26.3 Å². The molecule has 0 saturated carbocycles. The number of rotatable bonds is 4. The zero-order valence-corrected chi connectivity index (χ0v) is 19.7. The minimum absolute atomic E-state index is 0.0237. The first-order chi connectivity index (χ1) is 18.1. The average molecular weight is 532 g/mol. The summed E-state index contributed by atoms with van der Waals surface area (Å²) in [4.78, 5) is 0. The summed E-state index contributed by atoms with van der Waals surface area (Å²) in [5.41, 5.74) is 0.166. The zero-order chi connectivity index (χ0) is 27.0. The summed E-state index contributed by atoms with van der Waals surface area (Å²) in [5.74, 6) is -2.58. The molecule has 4 aromatic rings. The second-order valence-electron chi connectivity index (χ2n) is 8.98. The van der Waals surface area contributed by atoms with Crippen molar-refractivity contribution in [2.24, 2.45) is 0 Å². The Bertz CT molecular complexity index is 1590. The molecule has 0 spiro atoms. The van der Waals surface area contributed by atoms with Gasteiger partial charge in [0.25, 0.3) is 0 Å². The molecule has 0 amide bonds. The predicted molar refractivity (Wildman–Crippen MR) is 128 cm³/mol. The Balaban J connectivity index is 1.40. The van der Waals surface area contributed by atoms with Gasteiger partial charge in [-0.2, -0.15) is 13.2 Å². The van der Waals surface area contributed by atoms with Gasteiger partial charge in [-0.05, 0) is 65.4 Å². The summed E-state index contributed by atoms with van der Waals surface area (Å²) >= 11 is 0. The fourth-order valence-corrected chi connectivity index (χ4v) is 4.54. The number of hydrogen-bond acceptors (Lipinski definition) is 2. The van der Waals surface area contributed by atoms with E-state index in [4.69, 9.17) is 9.47 Å². The molecule has 0 radical (unpaired) electrons. The van der Waals surface area contributed by atoms with Crippen molar-refractivity contribution in [1.29, 1.82) is 0 Å². The predicted octanol–water partition coefficient (Wildman–Crippen LogP) is 8.28. The highest BCUT2D eigenvalue weighted by atomic mass is 19.4. The van der Waals surface area contributed by atoms with Crippen LogP contribution in [-0.4, -0.2) is 12.8 Å². The quantitative estimate of drug-likeness (QED) is 0.195. The van der Waals surface area contributed by atoms with E-state index in [1.54, 1.807) is 18.2 Å². The fourth-order valence-electron chi connectivity index (χ4n) is 4.54. The first-order valence-corrected chi connectivity index (χ1v) is 11.8. The highest BCUT2D eigenvalue weighted by Crippen LogP contribution is 2.35. The van der Waals surface area contributed by atoms with Crippen LogP contribution in [0.15, 0.2) is 48.5 Å². The van der Waals surface area contributed by atoms with E-state index in [2.05, 4.69) is 0 Å². The third kappa shape index (κ3) is 5.27. The van der Waals surface area contributed by atoms with Gasteiger partial charge >= 0.3 is 6.18 Å². The van der Waals surface area contributed by atoms with Crippen molar-refractivity contribution in [2.45, 2.75) is 38.1 Å². The highest BCUT2D eigenvalue weighted by molar-refractivity contribution is 5.86. The van der Waals surface area contributed by atoms with Gasteiger partial charge in [0.2, 0.25) is 0 Å². The minimum Gasteiger partial charge on any atom is -0.483 e. The Hall–Kier alpha value is -3.77. The summed E-state index contributed by atoms with van der Waals surface area (Å²) in [6.07, 6.45) is -2.20. The molecule has 1 aliphatic heterocycles. The van der Waals surface area contributed by atoms with Gasteiger partial charge in [0, 0.05) is 23.3 Å². The van der Waals surface area contributed by atoms with E-state index in [-0.39, 0.29) is 28.9 Å². The van der Waals surface area contributed by atoms with Gasteiger partial charge in [-0.1, -0.05) is 30.2 Å². The topological polar surface area (TPSA) is 18.5 Å². The molecule has 9 heteroatoms. The number of benzene rings is 4. The van der Waals surface area contributed by atoms with Crippen LogP contribution in [0.5, 0.6) is 5.75 Å². The maximum atomic E-state index is 15.2. The smallest absolute Gasteiger partial charge is 0.458 e. The van der Waals surface area contributed by atoms with Crippen LogP contribution in [0.4, 0.5) is 30.7 Å². The second kappa shape index (κ2) is 10.2. The van der Waals surface area contributed by atoms with Crippen molar-refractivity contribution < 1.29 is 40.2 Å². The lowest BCUT2D eigenvalue weighted by atomic mass is 9.98. The van der Waals surface area contributed by atoms with E-state index < -0.39 is 40.8 Å². The van der Waals surface area contributed by atoms with Crippen LogP contribution < -0.4 is 4.74 Å². The number of ether oxygens (including phenoxy) is 2. The molecule has 1 aliphatic rings. The van der Waals surface area contributed by atoms with E-state index in [0.717, 1.165) is 36.8 Å². The Morgan fingerprint density at radius 2 is 1.55 bits per heavy atom. The molecular formula is C29H19F7O2. The molecular weight excluding hydrogens is 513 g/mol. The maximum absolute atomic E-state index is 15.2. The molecule has 1 fully saturated rings. The number of hydrogen-bond donors (Lipinski definition) is 0. The third-order valence-corrected chi connectivity index (χ3v) is 6.37. The van der Waals surface area contributed by atoms with Crippen molar-refractivity contribution in [2.75, 3.05) is 6.61 Å². The van der Waals surface area contributed by atoms with Crippen molar-refractivity contribution in [1.82, 2.24) is 0 Å². The summed E-state index contributed by atoms with van der Waals surface area (Å²) < 4.78 is 107. The molecule has 1 atom stereocenters. The van der Waals surface area contributed by atoms with E-state index in [1.807, 2.05) is 0 Å². The van der Waals surface area contributed by atoms with E-state index >= 15 is 4.39 Å². The Kier molecular flexibility index (Phi) is 6.93. The van der Waals surface area contributed by atoms with Gasteiger partial charge < -0.3 is 9.47 Å². The Morgan fingerprint density at radius 1 is 0.842 bits per heavy atom. The van der Waals surface area contributed by atoms with Crippen LogP contribution in [-0.2, 0) is 11.3 Å². The van der Waals surface area contributed by atoms with Gasteiger partial charge in [-0.15, -0.1) is 0 Å². The Morgan fingerprint density at radius 3 is 2.29 bits per heavy atom. The number of halogens is 7. The molecule has 1 heterocycles. The van der Waals surface area contributed by atoms with Crippen LogP contribution in [0.3, 0.4) is 0 Å². The van der Waals surface area contributed by atoms with Crippen molar-refractivity contribution >= 4 is 21.5 Å². The Labute approximate surface area is 213 Å². The minimum atomic E-state index is -4.91. The van der Waals surface area contributed by atoms with Gasteiger partial charge in [0.1, 0.15) is 18.2 Å². The van der Waals surface area contributed by atoms with Crippen molar-refractivity contribution in [3.05, 3.63) is 88.5 Å². The molecule has 2 nitrogen and oxygen atoms in total. The maximum Gasteiger partial charge on any atom is 0.458 e. The molecule has 4 aromatic carbocycles. The van der Waals surface area contributed by atoms with Crippen molar-refractivity contribution in [3.63, 3.8) is 0 Å². The standard InChI is InChI=1S/C29H19F7O2/c30-23-13-18-11-16(4-6-20(18)26(32)22(23)8-9-29(34,35)36)15-38-28-24(31)14-19-12-17(5-7-21(19)27(28)33)25-3-1-2-10-37-25/h4-7,11-14,25H,1-3,10,15H2. The first-order valence-electron chi connectivity index (χ1n) is 11.8. The number of alkyl halides is 3. The van der Waals surface area contributed by atoms with Crippen LogP contribution in [0.25, 0.3) is 21.5 Å². The average Bonchev–Trinajstić information content (AvgIpc) is 2.88. The lowest BCUT2D eigenvalue weighted by molar-refractivity contribution is -0.0696. The lowest BCUT2D eigenvalue weighted by Gasteiger charge is -2.23. The van der Waals surface area contributed by atoms with Crippen LogP contribution in [0.1, 0.15) is 42.1 Å².